The van der Waals surface area contributed by atoms with Crippen molar-refractivity contribution in [3.05, 3.63) is 83.9 Å². The maximum atomic E-state index is 10.9. The van der Waals surface area contributed by atoms with Gasteiger partial charge in [-0.25, -0.2) is 0 Å². The maximum absolute atomic E-state index is 10.9. The Morgan fingerprint density at radius 3 is 2.62 bits per heavy atom. The highest BCUT2D eigenvalue weighted by Gasteiger charge is 2.34. The first-order valence-electron chi connectivity index (χ1n) is 13.0. The molecule has 1 saturated heterocycles. The molecule has 7 nitrogen and oxygen atoms in total. The fourth-order valence-corrected chi connectivity index (χ4v) is 5.10. The van der Waals surface area contributed by atoms with Crippen molar-refractivity contribution in [2.75, 3.05) is 51.4 Å². The van der Waals surface area contributed by atoms with E-state index in [9.17, 15) is 5.11 Å². The van der Waals surface area contributed by atoms with Crippen LogP contribution in [0.2, 0.25) is 0 Å². The third kappa shape index (κ3) is 6.43. The summed E-state index contributed by atoms with van der Waals surface area (Å²) < 4.78 is 23.5. The van der Waals surface area contributed by atoms with Crippen LogP contribution in [0.1, 0.15) is 23.5 Å². The summed E-state index contributed by atoms with van der Waals surface area (Å²) in [5.41, 5.74) is 3.24. The predicted octanol–water partition coefficient (Wildman–Crippen LogP) is 4.35. The number of para-hydroxylation sites is 1. The highest BCUT2D eigenvalue weighted by Crippen LogP contribution is 2.34. The van der Waals surface area contributed by atoms with Gasteiger partial charge in [0.05, 0.1) is 31.0 Å². The molecule has 0 amide bonds. The molecule has 3 atom stereocenters. The molecule has 0 bridgehead atoms. The van der Waals surface area contributed by atoms with Crippen LogP contribution in [0.5, 0.6) is 17.2 Å². The minimum Gasteiger partial charge on any atom is -0.490 e. The number of hydrogen-bond donors (Lipinski definition) is 2. The Morgan fingerprint density at radius 1 is 1.00 bits per heavy atom. The molecule has 2 aliphatic rings. The zero-order valence-corrected chi connectivity index (χ0v) is 21.3. The van der Waals surface area contributed by atoms with E-state index in [0.29, 0.717) is 26.3 Å². The highest BCUT2D eigenvalue weighted by atomic mass is 16.5. The van der Waals surface area contributed by atoms with E-state index in [2.05, 4.69) is 22.3 Å². The number of benzene rings is 3. The topological polar surface area (TPSA) is 72.4 Å². The Hall–Kier alpha value is -3.10. The van der Waals surface area contributed by atoms with Gasteiger partial charge in [-0.2, -0.15) is 0 Å². The van der Waals surface area contributed by atoms with Crippen molar-refractivity contribution >= 4 is 5.69 Å². The van der Waals surface area contributed by atoms with E-state index in [1.807, 2.05) is 60.7 Å². The van der Waals surface area contributed by atoms with E-state index in [0.717, 1.165) is 60.2 Å². The first kappa shape index (κ1) is 25.5. The predicted molar refractivity (Wildman–Crippen MR) is 144 cm³/mol. The van der Waals surface area contributed by atoms with Gasteiger partial charge in [0, 0.05) is 39.3 Å². The Morgan fingerprint density at radius 2 is 1.81 bits per heavy atom. The number of aliphatic hydroxyl groups excluding tert-OH is 1. The average molecular weight is 505 g/mol. The van der Waals surface area contributed by atoms with Gasteiger partial charge in [0.2, 0.25) is 0 Å². The zero-order chi connectivity index (χ0) is 25.5. The van der Waals surface area contributed by atoms with Crippen LogP contribution in [0.15, 0.2) is 72.8 Å². The molecule has 0 spiro atoms. The number of nitrogens with one attached hydrogen (secondary N) is 1. The van der Waals surface area contributed by atoms with Crippen LogP contribution in [0.4, 0.5) is 5.69 Å². The summed E-state index contributed by atoms with van der Waals surface area (Å²) in [5, 5.41) is 14.2. The summed E-state index contributed by atoms with van der Waals surface area (Å²) in [4.78, 5) is 2.36. The molecule has 0 radical (unpaired) electrons. The molecule has 1 unspecified atom stereocenters. The van der Waals surface area contributed by atoms with Crippen molar-refractivity contribution in [2.45, 2.75) is 31.2 Å². The molecule has 2 N–H and O–H groups in total. The van der Waals surface area contributed by atoms with E-state index in [1.54, 1.807) is 7.11 Å². The van der Waals surface area contributed by atoms with E-state index >= 15 is 0 Å². The number of hydrogen-bond acceptors (Lipinski definition) is 7. The molecule has 5 rings (SSSR count). The summed E-state index contributed by atoms with van der Waals surface area (Å²) >= 11 is 0. The van der Waals surface area contributed by atoms with Gasteiger partial charge in [0.25, 0.3) is 0 Å². The Labute approximate surface area is 218 Å². The molecule has 37 heavy (non-hydrogen) atoms. The molecular weight excluding hydrogens is 468 g/mol. The number of anilines is 1. The first-order valence-corrected chi connectivity index (χ1v) is 13.0. The molecule has 2 aliphatic heterocycles. The number of piperidine rings is 1. The molecule has 3 aromatic carbocycles. The molecule has 7 heteroatoms. The van der Waals surface area contributed by atoms with Crippen molar-refractivity contribution < 1.29 is 24.1 Å². The van der Waals surface area contributed by atoms with Crippen LogP contribution in [0.25, 0.3) is 0 Å². The van der Waals surface area contributed by atoms with Gasteiger partial charge < -0.3 is 34.3 Å². The van der Waals surface area contributed by atoms with Crippen LogP contribution >= 0.6 is 0 Å². The van der Waals surface area contributed by atoms with Crippen LogP contribution in [0.3, 0.4) is 0 Å². The summed E-state index contributed by atoms with van der Waals surface area (Å²) in [6.07, 6.45) is 0.279. The first-order chi connectivity index (χ1) is 18.2. The fourth-order valence-electron chi connectivity index (χ4n) is 5.10. The summed E-state index contributed by atoms with van der Waals surface area (Å²) in [6, 6.07) is 24.0. The molecule has 2 heterocycles. The van der Waals surface area contributed by atoms with Gasteiger partial charge >= 0.3 is 0 Å². The molecule has 1 fully saturated rings. The van der Waals surface area contributed by atoms with Gasteiger partial charge in [-0.1, -0.05) is 36.4 Å². The van der Waals surface area contributed by atoms with Gasteiger partial charge in [0.15, 0.2) is 0 Å². The summed E-state index contributed by atoms with van der Waals surface area (Å²) in [5.74, 6) is 2.35. The second-order valence-corrected chi connectivity index (χ2v) is 9.57. The molecule has 0 aromatic heterocycles. The quantitative estimate of drug-likeness (QED) is 0.398. The van der Waals surface area contributed by atoms with Gasteiger partial charge in [-0.05, 0) is 53.9 Å². The lowest BCUT2D eigenvalue weighted by Gasteiger charge is -2.36. The highest BCUT2D eigenvalue weighted by molar-refractivity contribution is 5.61. The number of methoxy groups -OCH3 is 1. The smallest absolute Gasteiger partial charge is 0.142 e. The molecule has 196 valence electrons. The van der Waals surface area contributed by atoms with Crippen LogP contribution in [0, 0.1) is 0 Å². The maximum Gasteiger partial charge on any atom is 0.142 e. The zero-order valence-electron chi connectivity index (χ0n) is 21.3. The van der Waals surface area contributed by atoms with Crippen LogP contribution in [-0.2, 0) is 16.1 Å². The third-order valence-electron chi connectivity index (χ3n) is 6.98. The van der Waals surface area contributed by atoms with Crippen LogP contribution < -0.4 is 19.7 Å². The minimum absolute atomic E-state index is 0.126. The van der Waals surface area contributed by atoms with Crippen molar-refractivity contribution in [3.63, 3.8) is 0 Å². The number of nitrogens with zero attached hydrogens (tertiary/aromatic N) is 1. The Balaban J connectivity index is 1.25. The molecular formula is C30H36N2O5. The lowest BCUT2D eigenvalue weighted by molar-refractivity contribution is -0.0328. The second kappa shape index (κ2) is 12.4. The Bertz CT molecular complexity index is 1120. The standard InChI is InChI=1S/C30H36N2O5/c1-34-16-5-14-32-15-17-35-28-13-8-22(18-26(28)32)21-36-29-20-31-19-27(33)30(29)23-9-11-25(12-10-23)37-24-6-3-2-4-7-24/h2-4,6-13,18,27,29-31,33H,5,14-17,19-21H2,1H3/t27-,29+,30?/m1/s1. The SMILES string of the molecule is COCCCN1CCOc2ccc(CO[C@H]3CNC[C@@H](O)C3c3ccc(Oc4ccccc4)cc3)cc21. The molecule has 3 aromatic rings. The van der Waals surface area contributed by atoms with Crippen molar-refractivity contribution in [3.8, 4) is 17.2 Å². The number of ether oxygens (including phenoxy) is 4. The number of aliphatic hydroxyl groups is 1. The van der Waals surface area contributed by atoms with Crippen molar-refractivity contribution in [1.82, 2.24) is 5.32 Å². The number of fused-ring (bicyclic) bond motifs is 1. The van der Waals surface area contributed by atoms with Crippen molar-refractivity contribution in [2.24, 2.45) is 0 Å². The van der Waals surface area contributed by atoms with Crippen LogP contribution in [-0.4, -0.2) is 63.8 Å². The van der Waals surface area contributed by atoms with Gasteiger partial charge in [0.1, 0.15) is 23.9 Å². The summed E-state index contributed by atoms with van der Waals surface area (Å²) in [6.45, 7) is 4.92. The Kier molecular flexibility index (Phi) is 8.58. The second-order valence-electron chi connectivity index (χ2n) is 9.57. The summed E-state index contributed by atoms with van der Waals surface area (Å²) in [7, 11) is 1.74. The van der Waals surface area contributed by atoms with E-state index in [4.69, 9.17) is 18.9 Å². The van der Waals surface area contributed by atoms with Gasteiger partial charge in [-0.3, -0.25) is 0 Å². The number of β-amino-alcohol motifs (C(OH)–C–C–N with tert-alkyl or cyclic N) is 1. The minimum atomic E-state index is -0.534. The van der Waals surface area contributed by atoms with E-state index < -0.39 is 6.10 Å². The molecule has 0 saturated carbocycles. The lowest BCUT2D eigenvalue weighted by Crippen LogP contribution is -2.49. The number of rotatable bonds is 10. The van der Waals surface area contributed by atoms with E-state index in [-0.39, 0.29) is 12.0 Å². The normalized spacial score (nSPS) is 21.2. The largest absolute Gasteiger partial charge is 0.490 e. The van der Waals surface area contributed by atoms with Crippen molar-refractivity contribution in [1.29, 1.82) is 0 Å². The van der Waals surface area contributed by atoms with Gasteiger partial charge in [-0.15, -0.1) is 0 Å². The monoisotopic (exact) mass is 504 g/mol. The average Bonchev–Trinajstić information content (AvgIpc) is 2.93. The van der Waals surface area contributed by atoms with E-state index in [1.165, 1.54) is 0 Å². The lowest BCUT2D eigenvalue weighted by atomic mass is 9.85. The fraction of sp³-hybridized carbons (Fsp3) is 0.400. The third-order valence-corrected chi connectivity index (χ3v) is 6.98. The molecule has 0 aliphatic carbocycles.